The fourth-order valence-corrected chi connectivity index (χ4v) is 3.25. The molecule has 1 heterocycles. The van der Waals surface area contributed by atoms with Crippen LogP contribution in [0.2, 0.25) is 0 Å². The Balaban J connectivity index is 1.63. The molecule has 5 nitrogen and oxygen atoms in total. The molecule has 0 fully saturated rings. The number of halogens is 1. The molecule has 0 amide bonds. The van der Waals surface area contributed by atoms with Gasteiger partial charge < -0.3 is 14.2 Å². The van der Waals surface area contributed by atoms with Crippen molar-refractivity contribution in [2.45, 2.75) is 13.2 Å². The zero-order chi connectivity index (χ0) is 23.0. The normalized spacial score (nSPS) is 10.5. The predicted octanol–water partition coefficient (Wildman–Crippen LogP) is 5.83. The maximum Gasteiger partial charge on any atom is 0.340 e. The number of esters is 1. The van der Waals surface area contributed by atoms with E-state index in [1.54, 1.807) is 18.2 Å². The molecule has 33 heavy (non-hydrogen) atoms. The van der Waals surface area contributed by atoms with Crippen molar-refractivity contribution >= 4 is 5.97 Å². The largest absolute Gasteiger partial charge is 0.473 e. The van der Waals surface area contributed by atoms with Gasteiger partial charge in [-0.3, -0.25) is 0 Å². The number of hydrogen-bond donors (Lipinski definition) is 0. The van der Waals surface area contributed by atoms with E-state index < -0.39 is 11.8 Å². The van der Waals surface area contributed by atoms with Crippen molar-refractivity contribution in [3.63, 3.8) is 0 Å². The highest BCUT2D eigenvalue weighted by Crippen LogP contribution is 2.32. The highest BCUT2D eigenvalue weighted by molar-refractivity contribution is 5.90. The topological polar surface area (TPSA) is 57.7 Å². The van der Waals surface area contributed by atoms with E-state index in [2.05, 4.69) is 9.72 Å². The van der Waals surface area contributed by atoms with E-state index in [9.17, 15) is 9.18 Å². The third kappa shape index (κ3) is 5.54. The summed E-state index contributed by atoms with van der Waals surface area (Å²) in [5, 5.41) is 0. The molecule has 0 unspecified atom stereocenters. The summed E-state index contributed by atoms with van der Waals surface area (Å²) in [6, 6.07) is 27.2. The quantitative estimate of drug-likeness (QED) is 0.321. The molecule has 0 aliphatic heterocycles. The number of methoxy groups -OCH3 is 1. The zero-order valence-corrected chi connectivity index (χ0v) is 18.0. The minimum atomic E-state index is -0.734. The molecule has 166 valence electrons. The maximum atomic E-state index is 14.6. The Morgan fingerprint density at radius 3 is 2.06 bits per heavy atom. The summed E-state index contributed by atoms with van der Waals surface area (Å²) in [7, 11) is 1.21. The summed E-state index contributed by atoms with van der Waals surface area (Å²) in [5.74, 6) is -0.730. The summed E-state index contributed by atoms with van der Waals surface area (Å²) < 4.78 is 31.0. The van der Waals surface area contributed by atoms with E-state index in [1.807, 2.05) is 60.7 Å². The van der Waals surface area contributed by atoms with Gasteiger partial charge in [-0.05, 0) is 34.9 Å². The number of aromatic nitrogens is 1. The summed E-state index contributed by atoms with van der Waals surface area (Å²) in [6.07, 6.45) is 0. The van der Waals surface area contributed by atoms with Crippen molar-refractivity contribution in [2.24, 2.45) is 0 Å². The number of benzene rings is 3. The van der Waals surface area contributed by atoms with Crippen LogP contribution in [0.1, 0.15) is 21.5 Å². The molecular weight excluding hydrogens is 421 g/mol. The van der Waals surface area contributed by atoms with Gasteiger partial charge in [-0.2, -0.15) is 4.98 Å². The molecule has 1 aromatic heterocycles. The van der Waals surface area contributed by atoms with Gasteiger partial charge >= 0.3 is 5.97 Å². The van der Waals surface area contributed by atoms with Crippen molar-refractivity contribution in [3.8, 4) is 22.9 Å². The number of rotatable bonds is 8. The Bertz CT molecular complexity index is 1230. The van der Waals surface area contributed by atoms with E-state index in [1.165, 1.54) is 19.2 Å². The van der Waals surface area contributed by atoms with Crippen LogP contribution in [-0.2, 0) is 18.0 Å². The molecule has 3 aromatic carbocycles. The van der Waals surface area contributed by atoms with Gasteiger partial charge in [-0.25, -0.2) is 9.18 Å². The number of carbonyl (C=O) groups is 1. The van der Waals surface area contributed by atoms with Gasteiger partial charge in [0.1, 0.15) is 19.0 Å². The van der Waals surface area contributed by atoms with Crippen LogP contribution in [0.3, 0.4) is 0 Å². The Morgan fingerprint density at radius 2 is 1.45 bits per heavy atom. The lowest BCUT2D eigenvalue weighted by atomic mass is 10.0. The summed E-state index contributed by atoms with van der Waals surface area (Å²) in [6.45, 7) is 0.638. The third-order valence-corrected chi connectivity index (χ3v) is 4.97. The summed E-state index contributed by atoms with van der Waals surface area (Å²) in [5.41, 5.74) is 2.94. The number of pyridine rings is 1. The Kier molecular flexibility index (Phi) is 6.95. The van der Waals surface area contributed by atoms with Crippen molar-refractivity contribution < 1.29 is 23.4 Å². The highest BCUT2D eigenvalue weighted by Gasteiger charge is 2.16. The van der Waals surface area contributed by atoms with Gasteiger partial charge in [-0.15, -0.1) is 0 Å². The second kappa shape index (κ2) is 10.4. The van der Waals surface area contributed by atoms with Gasteiger partial charge in [0, 0.05) is 11.6 Å². The van der Waals surface area contributed by atoms with Gasteiger partial charge in [0.05, 0.1) is 12.7 Å². The standard InChI is InChI=1S/C27H22FNO4/c1-31-27(30)23-13-12-21(16-24(23)28)22-14-15-25(32-17-19-8-4-2-5-9-19)29-26(22)33-18-20-10-6-3-7-11-20/h2-16H,17-18H2,1H3. The minimum absolute atomic E-state index is 0.135. The number of nitrogens with zero attached hydrogens (tertiary/aromatic N) is 1. The van der Waals surface area contributed by atoms with Crippen LogP contribution in [0.5, 0.6) is 11.8 Å². The molecule has 0 aliphatic rings. The predicted molar refractivity (Wildman–Crippen MR) is 123 cm³/mol. The smallest absolute Gasteiger partial charge is 0.340 e. The molecule has 0 spiro atoms. The molecule has 0 bridgehead atoms. The van der Waals surface area contributed by atoms with Gasteiger partial charge in [0.15, 0.2) is 0 Å². The summed E-state index contributed by atoms with van der Waals surface area (Å²) >= 11 is 0. The second-order valence-corrected chi connectivity index (χ2v) is 7.24. The molecule has 4 rings (SSSR count). The molecule has 0 atom stereocenters. The van der Waals surface area contributed by atoms with Crippen LogP contribution in [0, 0.1) is 5.82 Å². The van der Waals surface area contributed by atoms with Gasteiger partial charge in [0.25, 0.3) is 0 Å². The molecule has 0 radical (unpaired) electrons. The lowest BCUT2D eigenvalue weighted by Gasteiger charge is -2.14. The average Bonchev–Trinajstić information content (AvgIpc) is 2.87. The lowest BCUT2D eigenvalue weighted by Crippen LogP contribution is -2.05. The first-order valence-electron chi connectivity index (χ1n) is 10.4. The van der Waals surface area contributed by atoms with E-state index in [-0.39, 0.29) is 12.2 Å². The molecule has 4 aromatic rings. The molecule has 0 aliphatic carbocycles. The lowest BCUT2D eigenvalue weighted by molar-refractivity contribution is 0.0595. The van der Waals surface area contributed by atoms with Crippen molar-refractivity contribution in [1.82, 2.24) is 4.98 Å². The first kappa shape index (κ1) is 22.0. The number of hydrogen-bond acceptors (Lipinski definition) is 5. The second-order valence-electron chi connectivity index (χ2n) is 7.24. The number of ether oxygens (including phenoxy) is 3. The van der Waals surface area contributed by atoms with E-state index >= 15 is 0 Å². The van der Waals surface area contributed by atoms with Crippen LogP contribution in [0.15, 0.2) is 91.0 Å². The average molecular weight is 443 g/mol. The summed E-state index contributed by atoms with van der Waals surface area (Å²) in [4.78, 5) is 16.3. The molecule has 6 heteroatoms. The monoisotopic (exact) mass is 443 g/mol. The first-order valence-corrected chi connectivity index (χ1v) is 10.4. The molecule has 0 saturated heterocycles. The highest BCUT2D eigenvalue weighted by atomic mass is 19.1. The first-order chi connectivity index (χ1) is 16.1. The van der Waals surface area contributed by atoms with Crippen molar-refractivity contribution in [3.05, 3.63) is 114 Å². The fraction of sp³-hybridized carbons (Fsp3) is 0.111. The van der Waals surface area contributed by atoms with E-state index in [0.29, 0.717) is 29.5 Å². The van der Waals surface area contributed by atoms with Gasteiger partial charge in [0.2, 0.25) is 11.8 Å². The van der Waals surface area contributed by atoms with E-state index in [0.717, 1.165) is 11.1 Å². The Labute approximate surface area is 191 Å². The van der Waals surface area contributed by atoms with Crippen LogP contribution in [-0.4, -0.2) is 18.1 Å². The zero-order valence-electron chi connectivity index (χ0n) is 18.0. The Morgan fingerprint density at radius 1 is 0.818 bits per heavy atom. The van der Waals surface area contributed by atoms with Crippen molar-refractivity contribution in [1.29, 1.82) is 0 Å². The van der Waals surface area contributed by atoms with Crippen LogP contribution in [0.4, 0.5) is 4.39 Å². The molecule has 0 N–H and O–H groups in total. The van der Waals surface area contributed by atoms with Crippen molar-refractivity contribution in [2.75, 3.05) is 7.11 Å². The Hall–Kier alpha value is -4.19. The van der Waals surface area contributed by atoms with Crippen LogP contribution >= 0.6 is 0 Å². The van der Waals surface area contributed by atoms with Crippen LogP contribution in [0.25, 0.3) is 11.1 Å². The van der Waals surface area contributed by atoms with Crippen LogP contribution < -0.4 is 9.47 Å². The molecule has 0 saturated carbocycles. The van der Waals surface area contributed by atoms with E-state index in [4.69, 9.17) is 9.47 Å². The third-order valence-electron chi connectivity index (χ3n) is 4.97. The SMILES string of the molecule is COC(=O)c1ccc(-c2ccc(OCc3ccccc3)nc2OCc2ccccc2)cc1F. The van der Waals surface area contributed by atoms with Gasteiger partial charge in [-0.1, -0.05) is 66.7 Å². The maximum absolute atomic E-state index is 14.6. The molecular formula is C27H22FNO4. The minimum Gasteiger partial charge on any atom is -0.473 e. The number of carbonyl (C=O) groups excluding carboxylic acids is 1. The fourth-order valence-electron chi connectivity index (χ4n) is 3.25.